The van der Waals surface area contributed by atoms with Gasteiger partial charge in [0.2, 0.25) is 5.75 Å². The van der Waals surface area contributed by atoms with Gasteiger partial charge in [-0.2, -0.15) is 0 Å². The van der Waals surface area contributed by atoms with Gasteiger partial charge in [0.15, 0.2) is 18.1 Å². The molecule has 0 aliphatic heterocycles. The Balaban J connectivity index is 2.02. The summed E-state index contributed by atoms with van der Waals surface area (Å²) in [5, 5.41) is 2.77. The van der Waals surface area contributed by atoms with Crippen molar-refractivity contribution in [3.8, 4) is 23.0 Å². The molecule has 0 spiro atoms. The van der Waals surface area contributed by atoms with Crippen molar-refractivity contribution in [2.24, 2.45) is 0 Å². The van der Waals surface area contributed by atoms with Gasteiger partial charge in [0, 0.05) is 0 Å². The molecule has 6 heteroatoms. The van der Waals surface area contributed by atoms with Crippen molar-refractivity contribution < 1.29 is 23.7 Å². The molecule has 128 valence electrons. The lowest BCUT2D eigenvalue weighted by molar-refractivity contribution is -0.118. The Morgan fingerprint density at radius 1 is 0.917 bits per heavy atom. The number of benzene rings is 2. The predicted molar refractivity (Wildman–Crippen MR) is 91.3 cm³/mol. The Hall–Kier alpha value is -2.89. The molecule has 1 N–H and O–H groups in total. The van der Waals surface area contributed by atoms with E-state index in [0.717, 1.165) is 0 Å². The standard InChI is InChI=1S/C18H21NO5/c1-4-23-14-9-6-5-8-13(14)19-17(20)12-24-16-11-7-10-15(21-2)18(16)22-3/h5-11H,4,12H2,1-3H3,(H,19,20). The van der Waals surface area contributed by atoms with Gasteiger partial charge in [-0.05, 0) is 31.2 Å². The van der Waals surface area contributed by atoms with Crippen LogP contribution in [0.25, 0.3) is 0 Å². The molecule has 2 rings (SSSR count). The first kappa shape index (κ1) is 17.5. The first-order valence-electron chi connectivity index (χ1n) is 7.55. The number of amides is 1. The van der Waals surface area contributed by atoms with Crippen molar-refractivity contribution in [2.75, 3.05) is 32.8 Å². The first-order valence-corrected chi connectivity index (χ1v) is 7.55. The van der Waals surface area contributed by atoms with Crippen molar-refractivity contribution in [1.82, 2.24) is 0 Å². The van der Waals surface area contributed by atoms with Crippen LogP contribution in [0.2, 0.25) is 0 Å². The summed E-state index contributed by atoms with van der Waals surface area (Å²) in [5.41, 5.74) is 0.602. The van der Waals surface area contributed by atoms with Crippen LogP contribution < -0.4 is 24.3 Å². The summed E-state index contributed by atoms with van der Waals surface area (Å²) in [7, 11) is 3.06. The number of rotatable bonds is 8. The Bertz CT molecular complexity index is 687. The fourth-order valence-electron chi connectivity index (χ4n) is 2.15. The number of anilines is 1. The van der Waals surface area contributed by atoms with E-state index in [4.69, 9.17) is 18.9 Å². The van der Waals surface area contributed by atoms with Crippen molar-refractivity contribution in [2.45, 2.75) is 6.92 Å². The van der Waals surface area contributed by atoms with Gasteiger partial charge in [-0.3, -0.25) is 4.79 Å². The highest BCUT2D eigenvalue weighted by Crippen LogP contribution is 2.36. The van der Waals surface area contributed by atoms with Gasteiger partial charge in [0.05, 0.1) is 26.5 Å². The Kier molecular flexibility index (Phi) is 6.31. The smallest absolute Gasteiger partial charge is 0.262 e. The van der Waals surface area contributed by atoms with Crippen LogP contribution in [0.5, 0.6) is 23.0 Å². The van der Waals surface area contributed by atoms with Crippen LogP contribution in [0.3, 0.4) is 0 Å². The summed E-state index contributed by atoms with van der Waals surface area (Å²) >= 11 is 0. The highest BCUT2D eigenvalue weighted by molar-refractivity contribution is 5.93. The Morgan fingerprint density at radius 2 is 1.62 bits per heavy atom. The molecule has 0 saturated carbocycles. The van der Waals surface area contributed by atoms with Gasteiger partial charge < -0.3 is 24.3 Å². The minimum absolute atomic E-state index is 0.163. The van der Waals surface area contributed by atoms with Gasteiger partial charge in [0.1, 0.15) is 5.75 Å². The van der Waals surface area contributed by atoms with E-state index in [1.165, 1.54) is 7.11 Å². The topological polar surface area (TPSA) is 66.0 Å². The highest BCUT2D eigenvalue weighted by Gasteiger charge is 2.13. The third-order valence-corrected chi connectivity index (χ3v) is 3.19. The van der Waals surface area contributed by atoms with E-state index in [0.29, 0.717) is 35.3 Å². The van der Waals surface area contributed by atoms with Gasteiger partial charge in [0.25, 0.3) is 5.91 Å². The first-order chi connectivity index (χ1) is 11.7. The molecule has 0 saturated heterocycles. The number of hydrogen-bond acceptors (Lipinski definition) is 5. The highest BCUT2D eigenvalue weighted by atomic mass is 16.5. The van der Waals surface area contributed by atoms with Crippen LogP contribution in [0, 0.1) is 0 Å². The average Bonchev–Trinajstić information content (AvgIpc) is 2.61. The third-order valence-electron chi connectivity index (χ3n) is 3.19. The molecule has 0 atom stereocenters. The molecule has 0 bridgehead atoms. The number of nitrogens with one attached hydrogen (secondary N) is 1. The lowest BCUT2D eigenvalue weighted by Gasteiger charge is -2.14. The molecule has 24 heavy (non-hydrogen) atoms. The van der Waals surface area contributed by atoms with E-state index in [9.17, 15) is 4.79 Å². The molecule has 0 aromatic heterocycles. The normalized spacial score (nSPS) is 9.96. The average molecular weight is 331 g/mol. The summed E-state index contributed by atoms with van der Waals surface area (Å²) in [5.74, 6) is 1.74. The van der Waals surface area contributed by atoms with Crippen LogP contribution in [0.4, 0.5) is 5.69 Å². The van der Waals surface area contributed by atoms with Crippen LogP contribution in [-0.2, 0) is 4.79 Å². The molecule has 2 aromatic carbocycles. The minimum atomic E-state index is -0.299. The number of para-hydroxylation sites is 3. The molecule has 0 aliphatic rings. The van der Waals surface area contributed by atoms with E-state index >= 15 is 0 Å². The molecule has 1 amide bonds. The van der Waals surface area contributed by atoms with Gasteiger partial charge in [-0.1, -0.05) is 18.2 Å². The maximum atomic E-state index is 12.1. The molecule has 0 fully saturated rings. The zero-order valence-corrected chi connectivity index (χ0v) is 14.0. The maximum Gasteiger partial charge on any atom is 0.262 e. The van der Waals surface area contributed by atoms with E-state index in [2.05, 4.69) is 5.32 Å². The fraction of sp³-hybridized carbons (Fsp3) is 0.278. The number of hydrogen-bond donors (Lipinski definition) is 1. The molecule has 0 unspecified atom stereocenters. The van der Waals surface area contributed by atoms with E-state index in [-0.39, 0.29) is 12.5 Å². The lowest BCUT2D eigenvalue weighted by Crippen LogP contribution is -2.20. The molecule has 2 aromatic rings. The van der Waals surface area contributed by atoms with Crippen LogP contribution in [0.1, 0.15) is 6.92 Å². The Labute approximate surface area is 141 Å². The summed E-state index contributed by atoms with van der Waals surface area (Å²) in [6.07, 6.45) is 0. The van der Waals surface area contributed by atoms with Crippen LogP contribution >= 0.6 is 0 Å². The van der Waals surface area contributed by atoms with Crippen LogP contribution in [-0.4, -0.2) is 33.3 Å². The predicted octanol–water partition coefficient (Wildman–Crippen LogP) is 3.12. The SMILES string of the molecule is CCOc1ccccc1NC(=O)COc1cccc(OC)c1OC. The summed E-state index contributed by atoms with van der Waals surface area (Å²) in [4.78, 5) is 12.1. The summed E-state index contributed by atoms with van der Waals surface area (Å²) in [6, 6.07) is 12.5. The number of carbonyl (C=O) groups is 1. The lowest BCUT2D eigenvalue weighted by atomic mass is 10.3. The van der Waals surface area contributed by atoms with Gasteiger partial charge >= 0.3 is 0 Å². The van der Waals surface area contributed by atoms with Crippen molar-refractivity contribution in [1.29, 1.82) is 0 Å². The monoisotopic (exact) mass is 331 g/mol. The largest absolute Gasteiger partial charge is 0.493 e. The number of methoxy groups -OCH3 is 2. The minimum Gasteiger partial charge on any atom is -0.493 e. The van der Waals surface area contributed by atoms with E-state index in [1.54, 1.807) is 37.4 Å². The van der Waals surface area contributed by atoms with Gasteiger partial charge in [-0.15, -0.1) is 0 Å². The second kappa shape index (κ2) is 8.67. The Morgan fingerprint density at radius 3 is 2.33 bits per heavy atom. The number of ether oxygens (including phenoxy) is 4. The zero-order chi connectivity index (χ0) is 17.4. The summed E-state index contributed by atoms with van der Waals surface area (Å²) in [6.45, 7) is 2.24. The van der Waals surface area contributed by atoms with E-state index in [1.807, 2.05) is 19.1 Å². The quantitative estimate of drug-likeness (QED) is 0.805. The fourth-order valence-corrected chi connectivity index (χ4v) is 2.15. The second-order valence-corrected chi connectivity index (χ2v) is 4.76. The molecular weight excluding hydrogens is 310 g/mol. The van der Waals surface area contributed by atoms with Crippen molar-refractivity contribution in [3.63, 3.8) is 0 Å². The third kappa shape index (κ3) is 4.32. The van der Waals surface area contributed by atoms with Gasteiger partial charge in [-0.25, -0.2) is 0 Å². The molecule has 0 heterocycles. The molecule has 0 aliphatic carbocycles. The molecule has 6 nitrogen and oxygen atoms in total. The van der Waals surface area contributed by atoms with Crippen molar-refractivity contribution >= 4 is 11.6 Å². The zero-order valence-electron chi connectivity index (χ0n) is 14.0. The number of carbonyl (C=O) groups excluding carboxylic acids is 1. The van der Waals surface area contributed by atoms with E-state index < -0.39 is 0 Å². The second-order valence-electron chi connectivity index (χ2n) is 4.76. The maximum absolute atomic E-state index is 12.1. The van der Waals surface area contributed by atoms with Crippen molar-refractivity contribution in [3.05, 3.63) is 42.5 Å². The van der Waals surface area contributed by atoms with Crippen LogP contribution in [0.15, 0.2) is 42.5 Å². The summed E-state index contributed by atoms with van der Waals surface area (Å²) < 4.78 is 21.5. The molecule has 0 radical (unpaired) electrons. The molecular formula is C18H21NO5.